The first-order chi connectivity index (χ1) is 7.41. The first kappa shape index (κ1) is 13.4. The molecule has 0 bridgehead atoms. The zero-order valence-corrected chi connectivity index (χ0v) is 11.3. The molecule has 1 amide bonds. The van der Waals surface area contributed by atoms with Crippen LogP contribution in [-0.2, 0) is 4.79 Å². The molecule has 16 heavy (non-hydrogen) atoms. The van der Waals surface area contributed by atoms with Crippen LogP contribution in [0.15, 0.2) is 18.2 Å². The zero-order valence-electron chi connectivity index (χ0n) is 9.62. The molecule has 0 saturated carbocycles. The summed E-state index contributed by atoms with van der Waals surface area (Å²) in [6, 6.07) is 5.52. The Morgan fingerprint density at radius 3 is 2.62 bits per heavy atom. The highest BCUT2D eigenvalue weighted by Gasteiger charge is 2.18. The fraction of sp³-hybridized carbons (Fsp3) is 0.417. The molecular formula is C12H16ClNOS. The van der Waals surface area contributed by atoms with Gasteiger partial charge in [-0.1, -0.05) is 31.5 Å². The Balaban J connectivity index is 2.80. The van der Waals surface area contributed by atoms with Gasteiger partial charge in [-0.25, -0.2) is 0 Å². The van der Waals surface area contributed by atoms with E-state index in [0.29, 0.717) is 10.7 Å². The van der Waals surface area contributed by atoms with Gasteiger partial charge in [0.15, 0.2) is 0 Å². The minimum atomic E-state index is -0.323. The molecule has 0 aliphatic heterocycles. The van der Waals surface area contributed by atoms with E-state index < -0.39 is 0 Å². The zero-order chi connectivity index (χ0) is 12.3. The average Bonchev–Trinajstić information content (AvgIpc) is 2.22. The smallest absolute Gasteiger partial charge is 0.237 e. The molecule has 0 heterocycles. The first-order valence-electron chi connectivity index (χ1n) is 5.17. The molecule has 0 aliphatic rings. The predicted octanol–water partition coefficient (Wildman–Crippen LogP) is 3.54. The molecule has 1 rings (SSSR count). The number of nitrogens with one attached hydrogen (secondary N) is 1. The number of halogens is 1. The summed E-state index contributed by atoms with van der Waals surface area (Å²) < 4.78 is 0. The van der Waals surface area contributed by atoms with Crippen molar-refractivity contribution in [3.63, 3.8) is 0 Å². The number of hydrogen-bond acceptors (Lipinski definition) is 2. The van der Waals surface area contributed by atoms with E-state index in [-0.39, 0.29) is 17.1 Å². The standard InChI is InChI=1S/C12H16ClNOS/c1-7(2)11(16)12(15)14-10-6-8(3)4-5-9(10)13/h4-7,11,16H,1-3H3,(H,14,15). The summed E-state index contributed by atoms with van der Waals surface area (Å²) in [4.78, 5) is 11.8. The molecule has 0 spiro atoms. The van der Waals surface area contributed by atoms with Crippen LogP contribution in [0.25, 0.3) is 0 Å². The number of thiol groups is 1. The minimum Gasteiger partial charge on any atom is -0.324 e. The van der Waals surface area contributed by atoms with Crippen LogP contribution in [0.3, 0.4) is 0 Å². The lowest BCUT2D eigenvalue weighted by molar-refractivity contribution is -0.116. The van der Waals surface area contributed by atoms with Gasteiger partial charge in [-0.05, 0) is 30.5 Å². The van der Waals surface area contributed by atoms with Crippen LogP contribution in [0.2, 0.25) is 5.02 Å². The van der Waals surface area contributed by atoms with Gasteiger partial charge < -0.3 is 5.32 Å². The molecule has 4 heteroatoms. The van der Waals surface area contributed by atoms with Crippen molar-refractivity contribution in [2.45, 2.75) is 26.0 Å². The molecule has 1 atom stereocenters. The summed E-state index contributed by atoms with van der Waals surface area (Å²) in [5.41, 5.74) is 1.70. The van der Waals surface area contributed by atoms with Gasteiger partial charge in [-0.3, -0.25) is 4.79 Å². The normalized spacial score (nSPS) is 12.6. The van der Waals surface area contributed by atoms with E-state index in [1.165, 1.54) is 0 Å². The van der Waals surface area contributed by atoms with Crippen molar-refractivity contribution in [2.75, 3.05) is 5.32 Å². The lowest BCUT2D eigenvalue weighted by Crippen LogP contribution is -2.27. The highest BCUT2D eigenvalue weighted by atomic mass is 35.5. The molecular weight excluding hydrogens is 242 g/mol. The molecule has 0 fully saturated rings. The molecule has 1 aromatic rings. The fourth-order valence-corrected chi connectivity index (χ4v) is 1.47. The second-order valence-corrected chi connectivity index (χ2v) is 5.12. The minimum absolute atomic E-state index is 0.120. The van der Waals surface area contributed by atoms with Crippen molar-refractivity contribution in [3.05, 3.63) is 28.8 Å². The number of carbonyl (C=O) groups excluding carboxylic acids is 1. The van der Waals surface area contributed by atoms with Crippen LogP contribution in [0.1, 0.15) is 19.4 Å². The molecule has 88 valence electrons. The third kappa shape index (κ3) is 3.42. The number of anilines is 1. The summed E-state index contributed by atoms with van der Waals surface area (Å²) >= 11 is 10.2. The van der Waals surface area contributed by atoms with Crippen molar-refractivity contribution in [1.82, 2.24) is 0 Å². The fourth-order valence-electron chi connectivity index (χ4n) is 1.24. The van der Waals surface area contributed by atoms with Crippen molar-refractivity contribution in [1.29, 1.82) is 0 Å². The monoisotopic (exact) mass is 257 g/mol. The summed E-state index contributed by atoms with van der Waals surface area (Å²) in [5, 5.41) is 3.01. The van der Waals surface area contributed by atoms with Gasteiger partial charge in [-0.15, -0.1) is 0 Å². The van der Waals surface area contributed by atoms with Gasteiger partial charge in [-0.2, -0.15) is 12.6 Å². The third-order valence-corrected chi connectivity index (χ3v) is 3.44. The second-order valence-electron chi connectivity index (χ2n) is 4.16. The largest absolute Gasteiger partial charge is 0.324 e. The molecule has 0 saturated heterocycles. The third-order valence-electron chi connectivity index (χ3n) is 2.28. The SMILES string of the molecule is Cc1ccc(Cl)c(NC(=O)C(S)C(C)C)c1. The maximum Gasteiger partial charge on any atom is 0.237 e. The van der Waals surface area contributed by atoms with E-state index in [0.717, 1.165) is 5.56 Å². The van der Waals surface area contributed by atoms with Crippen molar-refractivity contribution in [3.8, 4) is 0 Å². The van der Waals surface area contributed by atoms with Crippen LogP contribution in [0, 0.1) is 12.8 Å². The number of benzene rings is 1. The predicted molar refractivity (Wildman–Crippen MR) is 72.4 cm³/mol. The van der Waals surface area contributed by atoms with Gasteiger partial charge in [0.1, 0.15) is 0 Å². The number of hydrogen-bond donors (Lipinski definition) is 2. The van der Waals surface area contributed by atoms with Crippen LogP contribution >= 0.6 is 24.2 Å². The van der Waals surface area contributed by atoms with E-state index >= 15 is 0 Å². The highest BCUT2D eigenvalue weighted by Crippen LogP contribution is 2.23. The van der Waals surface area contributed by atoms with E-state index in [2.05, 4.69) is 17.9 Å². The lowest BCUT2D eigenvalue weighted by Gasteiger charge is -2.15. The van der Waals surface area contributed by atoms with Crippen LogP contribution in [-0.4, -0.2) is 11.2 Å². The Hall–Kier alpha value is -0.670. The molecule has 1 aromatic carbocycles. The second kappa shape index (κ2) is 5.60. The lowest BCUT2D eigenvalue weighted by atomic mass is 10.1. The van der Waals surface area contributed by atoms with Crippen molar-refractivity contribution >= 4 is 35.8 Å². The Kier molecular flexibility index (Phi) is 4.69. The maximum absolute atomic E-state index is 11.8. The van der Waals surface area contributed by atoms with E-state index in [1.807, 2.05) is 32.9 Å². The first-order valence-corrected chi connectivity index (χ1v) is 6.06. The van der Waals surface area contributed by atoms with E-state index in [9.17, 15) is 4.79 Å². The molecule has 1 unspecified atom stereocenters. The molecule has 2 nitrogen and oxygen atoms in total. The van der Waals surface area contributed by atoms with E-state index in [4.69, 9.17) is 11.6 Å². The number of carbonyl (C=O) groups is 1. The van der Waals surface area contributed by atoms with Gasteiger partial charge in [0.2, 0.25) is 5.91 Å². The van der Waals surface area contributed by atoms with Gasteiger partial charge >= 0.3 is 0 Å². The van der Waals surface area contributed by atoms with Crippen LogP contribution < -0.4 is 5.32 Å². The Bertz CT molecular complexity index is 393. The molecule has 0 radical (unpaired) electrons. The van der Waals surface area contributed by atoms with Crippen LogP contribution in [0.5, 0.6) is 0 Å². The quantitative estimate of drug-likeness (QED) is 0.797. The number of aryl methyl sites for hydroxylation is 1. The summed E-state index contributed by atoms with van der Waals surface area (Å²) in [7, 11) is 0. The van der Waals surface area contributed by atoms with Gasteiger partial charge in [0, 0.05) is 0 Å². The van der Waals surface area contributed by atoms with Crippen LogP contribution in [0.4, 0.5) is 5.69 Å². The van der Waals surface area contributed by atoms with Gasteiger partial charge in [0.25, 0.3) is 0 Å². The van der Waals surface area contributed by atoms with Crippen molar-refractivity contribution in [2.24, 2.45) is 5.92 Å². The maximum atomic E-state index is 11.8. The highest BCUT2D eigenvalue weighted by molar-refractivity contribution is 7.81. The summed E-state index contributed by atoms with van der Waals surface area (Å²) in [5.74, 6) is 0.0674. The number of amides is 1. The van der Waals surface area contributed by atoms with Gasteiger partial charge in [0.05, 0.1) is 16.0 Å². The summed E-state index contributed by atoms with van der Waals surface area (Å²) in [6.45, 7) is 5.86. The molecule has 1 N–H and O–H groups in total. The Morgan fingerprint density at radius 2 is 2.06 bits per heavy atom. The molecule has 0 aromatic heterocycles. The number of rotatable bonds is 3. The average molecular weight is 258 g/mol. The van der Waals surface area contributed by atoms with E-state index in [1.54, 1.807) is 6.07 Å². The Morgan fingerprint density at radius 1 is 1.44 bits per heavy atom. The van der Waals surface area contributed by atoms with Crippen molar-refractivity contribution < 1.29 is 4.79 Å². The topological polar surface area (TPSA) is 29.1 Å². The molecule has 0 aliphatic carbocycles. The Labute approximate surface area is 107 Å². The summed E-state index contributed by atoms with van der Waals surface area (Å²) in [6.07, 6.45) is 0.